The highest BCUT2D eigenvalue weighted by atomic mass is 32.1. The topological polar surface area (TPSA) is 58.9 Å². The summed E-state index contributed by atoms with van der Waals surface area (Å²) >= 11 is 1.30. The van der Waals surface area contributed by atoms with Gasteiger partial charge in [0, 0.05) is 17.8 Å². The van der Waals surface area contributed by atoms with Crippen LogP contribution in [0.3, 0.4) is 0 Å². The summed E-state index contributed by atoms with van der Waals surface area (Å²) in [5.41, 5.74) is 1.57. The lowest BCUT2D eigenvalue weighted by Gasteiger charge is -2.05. The van der Waals surface area contributed by atoms with Crippen molar-refractivity contribution >= 4 is 11.5 Å². The Morgan fingerprint density at radius 2 is 2.07 bits per heavy atom. The van der Waals surface area contributed by atoms with Crippen molar-refractivity contribution in [2.45, 2.75) is 13.0 Å². The Balaban J connectivity index is 2.28. The van der Waals surface area contributed by atoms with Gasteiger partial charge in [-0.2, -0.15) is 4.37 Å². The first-order chi connectivity index (χ1) is 6.77. The molecule has 2 aromatic rings. The number of nitrogens with zero attached hydrogens (tertiary/aromatic N) is 3. The van der Waals surface area contributed by atoms with Gasteiger partial charge in [0.2, 0.25) is 0 Å². The van der Waals surface area contributed by atoms with Gasteiger partial charge in [0.15, 0.2) is 11.9 Å². The Morgan fingerprint density at radius 1 is 1.36 bits per heavy atom. The van der Waals surface area contributed by atoms with E-state index in [1.54, 1.807) is 18.5 Å². The molecular formula is C9H9N3OS. The van der Waals surface area contributed by atoms with Crippen molar-refractivity contribution in [2.75, 3.05) is 0 Å². The highest BCUT2D eigenvalue weighted by Gasteiger charge is 2.14. The number of aliphatic hydroxyl groups excluding tert-OH is 1. The summed E-state index contributed by atoms with van der Waals surface area (Å²) < 4.78 is 4.03. The van der Waals surface area contributed by atoms with Gasteiger partial charge in [-0.05, 0) is 30.1 Å². The molecule has 1 N–H and O–H groups in total. The normalized spacial score (nSPS) is 12.7. The predicted octanol–water partition coefficient (Wildman–Crippen LogP) is 1.32. The Kier molecular flexibility index (Phi) is 2.51. The second-order valence-corrected chi connectivity index (χ2v) is 3.61. The SMILES string of the molecule is Cc1cnc(C(O)c2ccsn2)nc1. The molecule has 0 aliphatic carbocycles. The summed E-state index contributed by atoms with van der Waals surface area (Å²) in [6.45, 7) is 1.90. The third-order valence-electron chi connectivity index (χ3n) is 1.78. The molecule has 1 atom stereocenters. The highest BCUT2D eigenvalue weighted by Crippen LogP contribution is 2.17. The quantitative estimate of drug-likeness (QED) is 0.807. The summed E-state index contributed by atoms with van der Waals surface area (Å²) in [6, 6.07) is 1.76. The number of hydrogen-bond acceptors (Lipinski definition) is 5. The van der Waals surface area contributed by atoms with E-state index in [1.165, 1.54) is 11.5 Å². The molecule has 72 valence electrons. The lowest BCUT2D eigenvalue weighted by atomic mass is 10.2. The lowest BCUT2D eigenvalue weighted by Crippen LogP contribution is -2.05. The molecule has 0 spiro atoms. The van der Waals surface area contributed by atoms with Gasteiger partial charge in [-0.1, -0.05) is 0 Å². The molecule has 0 aromatic carbocycles. The van der Waals surface area contributed by atoms with Gasteiger partial charge in [0.05, 0.1) is 5.69 Å². The zero-order valence-corrected chi connectivity index (χ0v) is 8.40. The molecule has 4 nitrogen and oxygen atoms in total. The van der Waals surface area contributed by atoms with Crippen molar-refractivity contribution in [1.29, 1.82) is 0 Å². The van der Waals surface area contributed by atoms with E-state index in [2.05, 4.69) is 14.3 Å². The number of rotatable bonds is 2. The summed E-state index contributed by atoms with van der Waals surface area (Å²) in [4.78, 5) is 8.08. The monoisotopic (exact) mass is 207 g/mol. The fraction of sp³-hybridized carbons (Fsp3) is 0.222. The number of aromatic nitrogens is 3. The summed E-state index contributed by atoms with van der Waals surface area (Å²) in [7, 11) is 0. The van der Waals surface area contributed by atoms with Gasteiger partial charge in [0.1, 0.15) is 0 Å². The van der Waals surface area contributed by atoms with E-state index in [0.717, 1.165) is 5.56 Å². The first-order valence-electron chi connectivity index (χ1n) is 4.14. The van der Waals surface area contributed by atoms with E-state index < -0.39 is 6.10 Å². The Hall–Kier alpha value is -1.33. The predicted molar refractivity (Wildman–Crippen MR) is 52.9 cm³/mol. The zero-order valence-electron chi connectivity index (χ0n) is 7.58. The number of hydrogen-bond donors (Lipinski definition) is 1. The second kappa shape index (κ2) is 3.81. The third-order valence-corrected chi connectivity index (χ3v) is 2.36. The number of aryl methyl sites for hydroxylation is 1. The van der Waals surface area contributed by atoms with Crippen molar-refractivity contribution in [1.82, 2.24) is 14.3 Å². The van der Waals surface area contributed by atoms with Crippen LogP contribution in [0.2, 0.25) is 0 Å². The van der Waals surface area contributed by atoms with Crippen molar-refractivity contribution in [3.05, 3.63) is 40.9 Å². The molecule has 0 aliphatic heterocycles. The second-order valence-electron chi connectivity index (χ2n) is 2.95. The zero-order chi connectivity index (χ0) is 9.97. The standard InChI is InChI=1S/C9H9N3OS/c1-6-4-10-9(11-5-6)8(13)7-2-3-14-12-7/h2-5,8,13H,1H3. The van der Waals surface area contributed by atoms with Crippen molar-refractivity contribution < 1.29 is 5.11 Å². The summed E-state index contributed by atoms with van der Waals surface area (Å²) in [5, 5.41) is 11.6. The molecule has 1 unspecified atom stereocenters. The van der Waals surface area contributed by atoms with Crippen LogP contribution in [0.25, 0.3) is 0 Å². The maximum atomic E-state index is 9.79. The van der Waals surface area contributed by atoms with E-state index in [-0.39, 0.29) is 0 Å². The highest BCUT2D eigenvalue weighted by molar-refractivity contribution is 7.03. The van der Waals surface area contributed by atoms with E-state index >= 15 is 0 Å². The molecule has 0 saturated carbocycles. The van der Waals surface area contributed by atoms with Crippen molar-refractivity contribution in [3.8, 4) is 0 Å². The van der Waals surface area contributed by atoms with Crippen LogP contribution in [0, 0.1) is 6.92 Å². The summed E-state index contributed by atoms with van der Waals surface area (Å²) in [5.74, 6) is 0.390. The van der Waals surface area contributed by atoms with Gasteiger partial charge >= 0.3 is 0 Å². The van der Waals surface area contributed by atoms with Gasteiger partial charge in [-0.25, -0.2) is 9.97 Å². The van der Waals surface area contributed by atoms with Crippen LogP contribution >= 0.6 is 11.5 Å². The fourth-order valence-corrected chi connectivity index (χ4v) is 1.58. The Labute approximate surface area is 85.5 Å². The Bertz CT molecular complexity index is 399. The van der Waals surface area contributed by atoms with Crippen LogP contribution in [0.4, 0.5) is 0 Å². The van der Waals surface area contributed by atoms with Crippen LogP contribution in [-0.4, -0.2) is 19.4 Å². The number of aliphatic hydroxyl groups is 1. The molecule has 0 aliphatic rings. The molecular weight excluding hydrogens is 198 g/mol. The minimum absolute atomic E-state index is 0.390. The van der Waals surface area contributed by atoms with Crippen LogP contribution in [0.5, 0.6) is 0 Å². The minimum Gasteiger partial charge on any atom is -0.379 e. The van der Waals surface area contributed by atoms with Crippen LogP contribution in [0.15, 0.2) is 23.8 Å². The molecule has 2 rings (SSSR count). The molecule has 0 amide bonds. The van der Waals surface area contributed by atoms with Gasteiger partial charge in [0.25, 0.3) is 0 Å². The van der Waals surface area contributed by atoms with E-state index in [4.69, 9.17) is 0 Å². The van der Waals surface area contributed by atoms with Gasteiger partial charge < -0.3 is 5.11 Å². The van der Waals surface area contributed by atoms with E-state index in [9.17, 15) is 5.11 Å². The molecule has 0 saturated heterocycles. The molecule has 14 heavy (non-hydrogen) atoms. The average Bonchev–Trinajstić information content (AvgIpc) is 2.71. The van der Waals surface area contributed by atoms with Crippen LogP contribution in [-0.2, 0) is 0 Å². The van der Waals surface area contributed by atoms with Crippen LogP contribution < -0.4 is 0 Å². The molecule has 2 heterocycles. The van der Waals surface area contributed by atoms with E-state index in [1.807, 2.05) is 12.3 Å². The molecule has 0 bridgehead atoms. The largest absolute Gasteiger partial charge is 0.379 e. The van der Waals surface area contributed by atoms with Crippen molar-refractivity contribution in [2.24, 2.45) is 0 Å². The minimum atomic E-state index is -0.818. The maximum Gasteiger partial charge on any atom is 0.163 e. The average molecular weight is 207 g/mol. The smallest absolute Gasteiger partial charge is 0.163 e. The molecule has 5 heteroatoms. The molecule has 0 radical (unpaired) electrons. The van der Waals surface area contributed by atoms with Crippen molar-refractivity contribution in [3.63, 3.8) is 0 Å². The molecule has 2 aromatic heterocycles. The maximum absolute atomic E-state index is 9.79. The third kappa shape index (κ3) is 1.78. The first-order valence-corrected chi connectivity index (χ1v) is 4.98. The Morgan fingerprint density at radius 3 is 2.64 bits per heavy atom. The fourth-order valence-electron chi connectivity index (χ4n) is 1.04. The van der Waals surface area contributed by atoms with E-state index in [0.29, 0.717) is 11.5 Å². The molecule has 0 fully saturated rings. The van der Waals surface area contributed by atoms with Crippen LogP contribution in [0.1, 0.15) is 23.2 Å². The van der Waals surface area contributed by atoms with Gasteiger partial charge in [-0.3, -0.25) is 0 Å². The van der Waals surface area contributed by atoms with Gasteiger partial charge in [-0.15, -0.1) is 0 Å². The lowest BCUT2D eigenvalue weighted by molar-refractivity contribution is 0.206. The summed E-state index contributed by atoms with van der Waals surface area (Å²) in [6.07, 6.45) is 2.54. The first kappa shape index (κ1) is 9.23.